The van der Waals surface area contributed by atoms with Crippen LogP contribution >= 0.6 is 0 Å². The molecule has 2 aromatic heterocycles. The van der Waals surface area contributed by atoms with Gasteiger partial charge in [-0.05, 0) is 24.6 Å². The predicted molar refractivity (Wildman–Crippen MR) is 117 cm³/mol. The highest BCUT2D eigenvalue weighted by atomic mass is 16.5. The summed E-state index contributed by atoms with van der Waals surface area (Å²) in [6.07, 6.45) is 1.26. The van der Waals surface area contributed by atoms with Gasteiger partial charge in [0.15, 0.2) is 0 Å². The minimum atomic E-state index is -0.516. The van der Waals surface area contributed by atoms with E-state index in [2.05, 4.69) is 15.3 Å². The first-order valence-corrected chi connectivity index (χ1v) is 9.68. The molecule has 0 fully saturated rings. The average Bonchev–Trinajstić information content (AvgIpc) is 3.02. The largest absolute Gasteiger partial charge is 0.473 e. The van der Waals surface area contributed by atoms with Gasteiger partial charge in [-0.1, -0.05) is 48.5 Å². The highest BCUT2D eigenvalue weighted by Crippen LogP contribution is 2.16. The Morgan fingerprint density at radius 2 is 1.71 bits per heavy atom. The van der Waals surface area contributed by atoms with E-state index in [1.54, 1.807) is 18.7 Å². The van der Waals surface area contributed by atoms with E-state index in [-0.39, 0.29) is 22.8 Å². The molecule has 0 saturated carbocycles. The van der Waals surface area contributed by atoms with Gasteiger partial charge in [-0.2, -0.15) is 0 Å². The summed E-state index contributed by atoms with van der Waals surface area (Å²) in [4.78, 5) is 33.8. The molecule has 0 saturated heterocycles. The minimum Gasteiger partial charge on any atom is -0.473 e. The second-order valence-electron chi connectivity index (χ2n) is 6.91. The van der Waals surface area contributed by atoms with Gasteiger partial charge < -0.3 is 10.1 Å². The fourth-order valence-corrected chi connectivity index (χ4v) is 3.16. The van der Waals surface area contributed by atoms with Crippen LogP contribution in [0.5, 0.6) is 5.88 Å². The van der Waals surface area contributed by atoms with Gasteiger partial charge in [-0.25, -0.2) is 14.6 Å². The van der Waals surface area contributed by atoms with Gasteiger partial charge in [-0.15, -0.1) is 0 Å². The molecule has 156 valence electrons. The van der Waals surface area contributed by atoms with Crippen LogP contribution in [-0.4, -0.2) is 25.2 Å². The maximum Gasteiger partial charge on any atom is 0.295 e. The summed E-state index contributed by atoms with van der Waals surface area (Å²) >= 11 is 0. The van der Waals surface area contributed by atoms with Crippen LogP contribution in [0.3, 0.4) is 0 Å². The Labute approximate surface area is 178 Å². The van der Waals surface area contributed by atoms with Gasteiger partial charge >= 0.3 is 0 Å². The topological polar surface area (TPSA) is 91.0 Å². The number of benzene rings is 2. The Balaban J connectivity index is 1.55. The standard InChI is InChI=1S/C23H21N5O3/c1-16-21(23(30)28(27(16)2)18-11-7-4-8-12-18)26-22(29)19-13-20(25-15-24-19)31-14-17-9-5-3-6-10-17/h3-13,15H,14H2,1-2H3,(H,26,29). The molecule has 0 radical (unpaired) electrons. The summed E-state index contributed by atoms with van der Waals surface area (Å²) in [5.41, 5.74) is 2.28. The molecule has 31 heavy (non-hydrogen) atoms. The molecule has 0 aliphatic carbocycles. The van der Waals surface area contributed by atoms with Crippen LogP contribution < -0.4 is 15.6 Å². The van der Waals surface area contributed by atoms with Gasteiger partial charge in [0.2, 0.25) is 5.88 Å². The van der Waals surface area contributed by atoms with Crippen LogP contribution in [0.2, 0.25) is 0 Å². The van der Waals surface area contributed by atoms with Crippen LogP contribution in [0, 0.1) is 6.92 Å². The van der Waals surface area contributed by atoms with E-state index in [9.17, 15) is 9.59 Å². The molecule has 0 bridgehead atoms. The normalized spacial score (nSPS) is 10.6. The molecule has 2 heterocycles. The smallest absolute Gasteiger partial charge is 0.295 e. The summed E-state index contributed by atoms with van der Waals surface area (Å²) < 4.78 is 8.86. The average molecular weight is 415 g/mol. The molecule has 0 aliphatic rings. The summed E-state index contributed by atoms with van der Waals surface area (Å²) in [5.74, 6) is -0.242. The molecule has 4 rings (SSSR count). The lowest BCUT2D eigenvalue weighted by molar-refractivity contribution is 0.102. The summed E-state index contributed by atoms with van der Waals surface area (Å²) in [6, 6.07) is 20.3. The fourth-order valence-electron chi connectivity index (χ4n) is 3.16. The van der Waals surface area contributed by atoms with Crippen LogP contribution in [0.15, 0.2) is 77.9 Å². The van der Waals surface area contributed by atoms with E-state index >= 15 is 0 Å². The third kappa shape index (κ3) is 4.23. The van der Waals surface area contributed by atoms with Crippen molar-refractivity contribution in [2.75, 3.05) is 5.32 Å². The van der Waals surface area contributed by atoms with Crippen molar-refractivity contribution in [2.24, 2.45) is 7.05 Å². The van der Waals surface area contributed by atoms with E-state index in [1.165, 1.54) is 17.1 Å². The first-order valence-electron chi connectivity index (χ1n) is 9.68. The predicted octanol–water partition coefficient (Wildman–Crippen LogP) is 3.11. The first kappa shape index (κ1) is 20.1. The van der Waals surface area contributed by atoms with Crippen LogP contribution in [0.1, 0.15) is 21.7 Å². The second-order valence-corrected chi connectivity index (χ2v) is 6.91. The SMILES string of the molecule is Cc1c(NC(=O)c2cc(OCc3ccccc3)ncn2)c(=O)n(-c2ccccc2)n1C. The fraction of sp³-hybridized carbons (Fsp3) is 0.130. The van der Waals surface area contributed by atoms with Crippen molar-refractivity contribution >= 4 is 11.6 Å². The number of aromatic nitrogens is 4. The maximum absolute atomic E-state index is 13.0. The van der Waals surface area contributed by atoms with Gasteiger partial charge in [0.05, 0.1) is 11.4 Å². The highest BCUT2D eigenvalue weighted by molar-refractivity contribution is 6.03. The Morgan fingerprint density at radius 3 is 2.42 bits per heavy atom. The second kappa shape index (κ2) is 8.66. The number of nitrogens with zero attached hydrogens (tertiary/aromatic N) is 4. The first-order chi connectivity index (χ1) is 15.0. The third-order valence-electron chi connectivity index (χ3n) is 4.90. The van der Waals surface area contributed by atoms with Crippen LogP contribution in [0.4, 0.5) is 5.69 Å². The number of nitrogens with one attached hydrogen (secondary N) is 1. The molecule has 2 aromatic carbocycles. The monoisotopic (exact) mass is 415 g/mol. The van der Waals surface area contributed by atoms with E-state index in [4.69, 9.17) is 4.74 Å². The summed E-state index contributed by atoms with van der Waals surface area (Å²) in [6.45, 7) is 2.09. The van der Waals surface area contributed by atoms with E-state index < -0.39 is 5.91 Å². The zero-order valence-electron chi connectivity index (χ0n) is 17.1. The number of anilines is 1. The number of rotatable bonds is 6. The van der Waals surface area contributed by atoms with Crippen molar-refractivity contribution in [3.05, 3.63) is 100 Å². The Kier molecular flexibility index (Phi) is 5.61. The Hall–Kier alpha value is -4.20. The van der Waals surface area contributed by atoms with E-state index in [0.717, 1.165) is 5.56 Å². The van der Waals surface area contributed by atoms with Gasteiger partial charge in [-0.3, -0.25) is 14.3 Å². The number of carbonyl (C=O) groups excluding carboxylic acids is 1. The lowest BCUT2D eigenvalue weighted by Crippen LogP contribution is -2.23. The number of hydrogen-bond donors (Lipinski definition) is 1. The van der Waals surface area contributed by atoms with Crippen molar-refractivity contribution in [2.45, 2.75) is 13.5 Å². The summed E-state index contributed by atoms with van der Waals surface area (Å²) in [5, 5.41) is 2.69. The van der Waals surface area contributed by atoms with E-state index in [0.29, 0.717) is 18.0 Å². The molecule has 0 aliphatic heterocycles. The molecule has 1 amide bonds. The molecule has 0 atom stereocenters. The number of carbonyl (C=O) groups is 1. The highest BCUT2D eigenvalue weighted by Gasteiger charge is 2.19. The van der Waals surface area contributed by atoms with Crippen molar-refractivity contribution in [1.82, 2.24) is 19.3 Å². The summed E-state index contributed by atoms with van der Waals surface area (Å²) in [7, 11) is 1.76. The van der Waals surface area contributed by atoms with Gasteiger partial charge in [0.1, 0.15) is 24.3 Å². The van der Waals surface area contributed by atoms with Gasteiger partial charge in [0, 0.05) is 13.1 Å². The molecule has 4 aromatic rings. The number of para-hydroxylation sites is 1. The third-order valence-corrected chi connectivity index (χ3v) is 4.90. The molecule has 8 heteroatoms. The zero-order chi connectivity index (χ0) is 21.8. The molecular formula is C23H21N5O3. The lowest BCUT2D eigenvalue weighted by Gasteiger charge is -2.07. The molecule has 1 N–H and O–H groups in total. The number of ether oxygens (including phenoxy) is 1. The van der Waals surface area contributed by atoms with Gasteiger partial charge in [0.25, 0.3) is 11.5 Å². The van der Waals surface area contributed by atoms with Crippen LogP contribution in [-0.2, 0) is 13.7 Å². The Bertz CT molecular complexity index is 1260. The number of hydrogen-bond acceptors (Lipinski definition) is 5. The quantitative estimate of drug-likeness (QED) is 0.523. The van der Waals surface area contributed by atoms with Crippen LogP contribution in [0.25, 0.3) is 5.69 Å². The van der Waals surface area contributed by atoms with Crippen molar-refractivity contribution in [1.29, 1.82) is 0 Å². The maximum atomic E-state index is 13.0. The minimum absolute atomic E-state index is 0.104. The molecular weight excluding hydrogens is 394 g/mol. The van der Waals surface area contributed by atoms with Crippen molar-refractivity contribution in [3.63, 3.8) is 0 Å². The molecule has 0 unspecified atom stereocenters. The van der Waals surface area contributed by atoms with Crippen molar-refractivity contribution < 1.29 is 9.53 Å². The molecule has 8 nitrogen and oxygen atoms in total. The zero-order valence-corrected chi connectivity index (χ0v) is 17.1. The van der Waals surface area contributed by atoms with E-state index in [1.807, 2.05) is 60.7 Å². The molecule has 0 spiro atoms. The van der Waals surface area contributed by atoms with Crippen molar-refractivity contribution in [3.8, 4) is 11.6 Å². The lowest BCUT2D eigenvalue weighted by atomic mass is 10.2. The Morgan fingerprint density at radius 1 is 1.03 bits per heavy atom. The number of amides is 1.